The van der Waals surface area contributed by atoms with E-state index < -0.39 is 0 Å². The van der Waals surface area contributed by atoms with Gasteiger partial charge >= 0.3 is 0 Å². The predicted molar refractivity (Wildman–Crippen MR) is 48.3 cm³/mol. The van der Waals surface area contributed by atoms with Crippen LogP contribution in [0.15, 0.2) is 0 Å². The quantitative estimate of drug-likeness (QED) is 0.625. The van der Waals surface area contributed by atoms with Gasteiger partial charge in [-0.2, -0.15) is 0 Å². The molecule has 0 radical (unpaired) electrons. The summed E-state index contributed by atoms with van der Waals surface area (Å²) >= 11 is 0. The largest absolute Gasteiger partial charge is 0.352 e. The van der Waals surface area contributed by atoms with Gasteiger partial charge in [0.05, 0.1) is 0 Å². The molecular formula is C10H15NO. The lowest BCUT2D eigenvalue weighted by molar-refractivity contribution is -0.123. The van der Waals surface area contributed by atoms with Crippen LogP contribution in [0, 0.1) is 24.2 Å². The Hall–Kier alpha value is -0.970. The molecule has 1 rings (SSSR count). The minimum atomic E-state index is 0.121. The molecule has 2 nitrogen and oxygen atoms in total. The molecule has 0 spiro atoms. The van der Waals surface area contributed by atoms with E-state index in [1.54, 1.807) is 0 Å². The first-order chi connectivity index (χ1) is 5.65. The summed E-state index contributed by atoms with van der Waals surface area (Å²) in [4.78, 5) is 11.3. The average Bonchev–Trinajstić information content (AvgIpc) is 2.67. The number of hydrogen-bond acceptors (Lipinski definition) is 1. The molecule has 0 aliphatic heterocycles. The van der Waals surface area contributed by atoms with Gasteiger partial charge in [-0.1, -0.05) is 6.92 Å². The van der Waals surface area contributed by atoms with Crippen LogP contribution in [0.3, 0.4) is 0 Å². The third-order valence-corrected chi connectivity index (χ3v) is 2.26. The summed E-state index contributed by atoms with van der Waals surface area (Å²) in [5.74, 6) is 3.53. The summed E-state index contributed by atoms with van der Waals surface area (Å²) in [6.45, 7) is 4.03. The van der Waals surface area contributed by atoms with Gasteiger partial charge in [0.25, 0.3) is 0 Å². The fraction of sp³-hybridized carbons (Fsp3) is 0.700. The van der Waals surface area contributed by atoms with Crippen molar-refractivity contribution in [1.82, 2.24) is 5.32 Å². The topological polar surface area (TPSA) is 29.1 Å². The maximum absolute atomic E-state index is 11.3. The maximum Gasteiger partial charge on any atom is 0.223 e. The second kappa shape index (κ2) is 3.62. The zero-order valence-electron chi connectivity index (χ0n) is 7.63. The lowest BCUT2D eigenvalue weighted by Gasteiger charge is -2.09. The van der Waals surface area contributed by atoms with Crippen molar-refractivity contribution in [3.05, 3.63) is 0 Å². The van der Waals surface area contributed by atoms with Gasteiger partial charge in [0, 0.05) is 18.4 Å². The lowest BCUT2D eigenvalue weighted by Crippen LogP contribution is -2.33. The monoisotopic (exact) mass is 165 g/mol. The predicted octanol–water partition coefficient (Wildman–Crippen LogP) is 1.17. The fourth-order valence-corrected chi connectivity index (χ4v) is 1.27. The van der Waals surface area contributed by atoms with E-state index in [9.17, 15) is 4.79 Å². The molecule has 1 aliphatic rings. The first-order valence-electron chi connectivity index (χ1n) is 4.39. The Kier molecular flexibility index (Phi) is 2.75. The molecule has 12 heavy (non-hydrogen) atoms. The van der Waals surface area contributed by atoms with E-state index in [4.69, 9.17) is 6.42 Å². The molecule has 2 heteroatoms. The molecule has 1 N–H and O–H groups in total. The zero-order valence-corrected chi connectivity index (χ0v) is 7.63. The highest BCUT2D eigenvalue weighted by Crippen LogP contribution is 2.37. The van der Waals surface area contributed by atoms with Crippen molar-refractivity contribution >= 4 is 5.91 Å². The van der Waals surface area contributed by atoms with Crippen molar-refractivity contribution in [3.63, 3.8) is 0 Å². The third-order valence-electron chi connectivity index (χ3n) is 2.26. The van der Waals surface area contributed by atoms with Crippen LogP contribution in [0.4, 0.5) is 0 Å². The van der Waals surface area contributed by atoms with Crippen LogP contribution < -0.4 is 5.32 Å². The first kappa shape index (κ1) is 9.12. The Labute approximate surface area is 73.7 Å². The summed E-state index contributed by atoms with van der Waals surface area (Å²) < 4.78 is 0. The summed E-state index contributed by atoms with van der Waals surface area (Å²) in [6.07, 6.45) is 6.78. The molecule has 0 saturated heterocycles. The lowest BCUT2D eigenvalue weighted by atomic mass is 10.2. The van der Waals surface area contributed by atoms with Crippen LogP contribution in [0.25, 0.3) is 0 Å². The van der Waals surface area contributed by atoms with E-state index in [1.165, 1.54) is 0 Å². The van der Waals surface area contributed by atoms with Crippen molar-refractivity contribution in [2.24, 2.45) is 11.8 Å². The van der Waals surface area contributed by atoms with Crippen molar-refractivity contribution in [3.8, 4) is 12.3 Å². The highest BCUT2D eigenvalue weighted by Gasteiger charge is 2.39. The van der Waals surface area contributed by atoms with Gasteiger partial charge in [-0.3, -0.25) is 4.79 Å². The molecule has 1 amide bonds. The molecule has 3 atom stereocenters. The number of hydrogen-bond donors (Lipinski definition) is 1. The van der Waals surface area contributed by atoms with Gasteiger partial charge < -0.3 is 5.32 Å². The molecule has 3 unspecified atom stereocenters. The number of carbonyl (C=O) groups excluding carboxylic acids is 1. The van der Waals surface area contributed by atoms with Gasteiger partial charge in [-0.15, -0.1) is 12.3 Å². The minimum Gasteiger partial charge on any atom is -0.352 e. The highest BCUT2D eigenvalue weighted by molar-refractivity contribution is 5.81. The smallest absolute Gasteiger partial charge is 0.223 e. The molecule has 1 aliphatic carbocycles. The maximum atomic E-state index is 11.3. The molecule has 0 aromatic carbocycles. The van der Waals surface area contributed by atoms with Crippen LogP contribution in [0.5, 0.6) is 0 Å². The number of terminal acetylenes is 1. The fourth-order valence-electron chi connectivity index (χ4n) is 1.27. The Morgan fingerprint density at radius 3 is 2.83 bits per heavy atom. The van der Waals surface area contributed by atoms with E-state index in [0.29, 0.717) is 12.3 Å². The molecule has 1 saturated carbocycles. The average molecular weight is 165 g/mol. The number of rotatable bonds is 3. The van der Waals surface area contributed by atoms with E-state index in [-0.39, 0.29) is 17.9 Å². The number of amides is 1. The molecule has 1 fully saturated rings. The first-order valence-corrected chi connectivity index (χ1v) is 4.39. The van der Waals surface area contributed by atoms with Crippen molar-refractivity contribution < 1.29 is 4.79 Å². The van der Waals surface area contributed by atoms with Crippen molar-refractivity contribution in [2.75, 3.05) is 0 Å². The minimum absolute atomic E-state index is 0.121. The highest BCUT2D eigenvalue weighted by atomic mass is 16.2. The van der Waals surface area contributed by atoms with Crippen LogP contribution in [-0.4, -0.2) is 11.9 Å². The number of carbonyl (C=O) groups is 1. The van der Waals surface area contributed by atoms with Crippen molar-refractivity contribution in [2.45, 2.75) is 32.7 Å². The Morgan fingerprint density at radius 2 is 2.42 bits per heavy atom. The Bertz CT molecular complexity index is 216. The summed E-state index contributed by atoms with van der Waals surface area (Å²) in [7, 11) is 0. The summed E-state index contributed by atoms with van der Waals surface area (Å²) in [5, 5.41) is 2.89. The van der Waals surface area contributed by atoms with Gasteiger partial charge in [-0.25, -0.2) is 0 Å². The van der Waals surface area contributed by atoms with Gasteiger partial charge in [-0.05, 0) is 19.3 Å². The molecular weight excluding hydrogens is 150 g/mol. The van der Waals surface area contributed by atoms with E-state index in [1.807, 2.05) is 6.92 Å². The van der Waals surface area contributed by atoms with E-state index >= 15 is 0 Å². The second-order valence-corrected chi connectivity index (χ2v) is 3.64. The van der Waals surface area contributed by atoms with Gasteiger partial charge in [0.15, 0.2) is 0 Å². The summed E-state index contributed by atoms with van der Waals surface area (Å²) in [6, 6.07) is 0.121. The van der Waals surface area contributed by atoms with E-state index in [0.717, 1.165) is 6.42 Å². The van der Waals surface area contributed by atoms with Crippen LogP contribution in [0.1, 0.15) is 26.7 Å². The SMILES string of the molecule is C#CCC(C)NC(=O)C1CC1C. The summed E-state index contributed by atoms with van der Waals surface area (Å²) in [5.41, 5.74) is 0. The third kappa shape index (κ3) is 2.27. The normalized spacial score (nSPS) is 28.8. The molecule has 0 aromatic heterocycles. The standard InChI is InChI=1S/C10H15NO/c1-4-5-8(3)11-10(12)9-6-7(9)2/h1,7-9H,5-6H2,2-3H3,(H,11,12). The molecule has 66 valence electrons. The van der Waals surface area contributed by atoms with E-state index in [2.05, 4.69) is 18.2 Å². The van der Waals surface area contributed by atoms with Crippen LogP contribution in [0.2, 0.25) is 0 Å². The number of nitrogens with one attached hydrogen (secondary N) is 1. The van der Waals surface area contributed by atoms with Gasteiger partial charge in [0.1, 0.15) is 0 Å². The van der Waals surface area contributed by atoms with Crippen LogP contribution >= 0.6 is 0 Å². The Morgan fingerprint density at radius 1 is 1.83 bits per heavy atom. The Balaban J connectivity index is 2.23. The van der Waals surface area contributed by atoms with Crippen molar-refractivity contribution in [1.29, 1.82) is 0 Å². The molecule has 0 aromatic rings. The second-order valence-electron chi connectivity index (χ2n) is 3.64. The zero-order chi connectivity index (χ0) is 9.14. The molecule has 0 bridgehead atoms. The molecule has 0 heterocycles. The van der Waals surface area contributed by atoms with Gasteiger partial charge in [0.2, 0.25) is 5.91 Å². The van der Waals surface area contributed by atoms with Crippen LogP contribution in [-0.2, 0) is 4.79 Å².